The molecule has 0 aromatic heterocycles. The molecule has 1 aliphatic carbocycles. The van der Waals surface area contributed by atoms with Crippen molar-refractivity contribution >= 4 is 17.7 Å². The maximum atomic E-state index is 11.8. The molecule has 2 rings (SSSR count). The van der Waals surface area contributed by atoms with E-state index in [1.165, 1.54) is 12.1 Å². The molecule has 130 valence electrons. The zero-order chi connectivity index (χ0) is 17.5. The predicted octanol–water partition coefficient (Wildman–Crippen LogP) is 2.08. The summed E-state index contributed by atoms with van der Waals surface area (Å²) in [5, 5.41) is 25.2. The highest BCUT2D eigenvalue weighted by molar-refractivity contribution is 5.74. The Hall–Kier alpha value is -2.64. The third-order valence-corrected chi connectivity index (χ3v) is 4.23. The fraction of sp³-hybridized carbons (Fsp3) is 0.500. The van der Waals surface area contributed by atoms with E-state index in [0.29, 0.717) is 38.6 Å². The van der Waals surface area contributed by atoms with Crippen LogP contribution in [0.5, 0.6) is 0 Å². The summed E-state index contributed by atoms with van der Waals surface area (Å²) in [4.78, 5) is 33.0. The number of carboxylic acids is 1. The monoisotopic (exact) mass is 335 g/mol. The molecule has 1 aromatic carbocycles. The number of urea groups is 1. The van der Waals surface area contributed by atoms with Gasteiger partial charge in [-0.3, -0.25) is 14.9 Å². The van der Waals surface area contributed by atoms with Gasteiger partial charge in [-0.2, -0.15) is 0 Å². The third kappa shape index (κ3) is 5.22. The second kappa shape index (κ2) is 8.28. The van der Waals surface area contributed by atoms with Crippen LogP contribution in [0.3, 0.4) is 0 Å². The van der Waals surface area contributed by atoms with E-state index < -0.39 is 10.9 Å². The summed E-state index contributed by atoms with van der Waals surface area (Å²) in [5.74, 6) is -1.07. The predicted molar refractivity (Wildman–Crippen MR) is 86.7 cm³/mol. The lowest BCUT2D eigenvalue weighted by atomic mass is 9.86. The number of rotatable bonds is 6. The number of nitrogens with zero attached hydrogens (tertiary/aromatic N) is 1. The molecule has 8 heteroatoms. The highest BCUT2D eigenvalue weighted by atomic mass is 16.6. The molecule has 1 fully saturated rings. The van der Waals surface area contributed by atoms with Crippen molar-refractivity contribution in [3.8, 4) is 0 Å². The molecule has 2 amide bonds. The molecular weight excluding hydrogens is 314 g/mol. The first-order valence-electron chi connectivity index (χ1n) is 7.96. The Morgan fingerprint density at radius 1 is 1.25 bits per heavy atom. The van der Waals surface area contributed by atoms with Gasteiger partial charge in [0.15, 0.2) is 0 Å². The zero-order valence-electron chi connectivity index (χ0n) is 13.2. The van der Waals surface area contributed by atoms with Gasteiger partial charge in [-0.1, -0.05) is 12.1 Å². The van der Waals surface area contributed by atoms with Gasteiger partial charge in [0.1, 0.15) is 0 Å². The molecule has 0 saturated heterocycles. The van der Waals surface area contributed by atoms with Gasteiger partial charge in [0.2, 0.25) is 0 Å². The molecule has 0 spiro atoms. The second-order valence-electron chi connectivity index (χ2n) is 5.96. The van der Waals surface area contributed by atoms with E-state index in [4.69, 9.17) is 5.11 Å². The van der Waals surface area contributed by atoms with Crippen LogP contribution in [0.15, 0.2) is 24.3 Å². The Balaban J connectivity index is 1.69. The van der Waals surface area contributed by atoms with Gasteiger partial charge in [0, 0.05) is 24.7 Å². The van der Waals surface area contributed by atoms with Crippen LogP contribution in [-0.2, 0) is 11.2 Å². The fourth-order valence-electron chi connectivity index (χ4n) is 2.87. The van der Waals surface area contributed by atoms with E-state index in [1.807, 2.05) is 0 Å². The van der Waals surface area contributed by atoms with Crippen molar-refractivity contribution in [2.24, 2.45) is 5.92 Å². The largest absolute Gasteiger partial charge is 0.481 e. The van der Waals surface area contributed by atoms with E-state index in [1.54, 1.807) is 12.1 Å². The van der Waals surface area contributed by atoms with Crippen LogP contribution in [0.4, 0.5) is 10.5 Å². The minimum absolute atomic E-state index is 0.00147. The molecule has 1 aliphatic rings. The number of carbonyl (C=O) groups excluding carboxylic acids is 1. The Morgan fingerprint density at radius 3 is 2.58 bits per heavy atom. The van der Waals surface area contributed by atoms with Crippen LogP contribution < -0.4 is 10.6 Å². The topological polar surface area (TPSA) is 122 Å². The molecule has 0 unspecified atom stereocenters. The standard InChI is InChI=1S/C16H21N3O5/c20-15(21)12-4-6-13(7-5-12)18-16(22)17-9-8-11-2-1-3-14(10-11)19(23)24/h1-3,10,12-13H,4-9H2,(H,20,21)(H2,17,18,22). The van der Waals surface area contributed by atoms with Crippen molar-refractivity contribution in [3.05, 3.63) is 39.9 Å². The number of non-ortho nitro benzene ring substituents is 1. The summed E-state index contributed by atoms with van der Waals surface area (Å²) in [5.41, 5.74) is 0.818. The summed E-state index contributed by atoms with van der Waals surface area (Å²) < 4.78 is 0. The Morgan fingerprint density at radius 2 is 1.96 bits per heavy atom. The zero-order valence-corrected chi connectivity index (χ0v) is 13.2. The average Bonchev–Trinajstić information content (AvgIpc) is 2.55. The van der Waals surface area contributed by atoms with Crippen LogP contribution in [0.25, 0.3) is 0 Å². The molecule has 8 nitrogen and oxygen atoms in total. The number of hydrogen-bond acceptors (Lipinski definition) is 4. The van der Waals surface area contributed by atoms with Gasteiger partial charge in [0.25, 0.3) is 5.69 Å². The molecule has 1 aromatic rings. The lowest BCUT2D eigenvalue weighted by molar-refractivity contribution is -0.384. The number of benzene rings is 1. The lowest BCUT2D eigenvalue weighted by Crippen LogP contribution is -2.44. The SMILES string of the molecule is O=C(NCCc1cccc([N+](=O)[O-])c1)NC1CCC(C(=O)O)CC1. The molecule has 0 heterocycles. The minimum atomic E-state index is -0.769. The van der Waals surface area contributed by atoms with Crippen molar-refractivity contribution in [3.63, 3.8) is 0 Å². The van der Waals surface area contributed by atoms with Gasteiger partial charge in [-0.05, 0) is 37.7 Å². The van der Waals surface area contributed by atoms with Gasteiger partial charge in [-0.25, -0.2) is 4.79 Å². The molecule has 1 saturated carbocycles. The van der Waals surface area contributed by atoms with E-state index in [2.05, 4.69) is 10.6 Å². The molecule has 0 bridgehead atoms. The number of amides is 2. The number of hydrogen-bond donors (Lipinski definition) is 3. The maximum absolute atomic E-state index is 11.8. The highest BCUT2D eigenvalue weighted by Crippen LogP contribution is 2.24. The summed E-state index contributed by atoms with van der Waals surface area (Å²) in [6.45, 7) is 0.372. The second-order valence-corrected chi connectivity index (χ2v) is 5.96. The smallest absolute Gasteiger partial charge is 0.315 e. The number of nitrogens with one attached hydrogen (secondary N) is 2. The lowest BCUT2D eigenvalue weighted by Gasteiger charge is -2.26. The number of carboxylic acid groups (broad SMARTS) is 1. The van der Waals surface area contributed by atoms with Gasteiger partial charge >= 0.3 is 12.0 Å². The first-order valence-corrected chi connectivity index (χ1v) is 7.96. The minimum Gasteiger partial charge on any atom is -0.481 e. The number of nitro groups is 1. The normalized spacial score (nSPS) is 20.2. The van der Waals surface area contributed by atoms with Crippen LogP contribution >= 0.6 is 0 Å². The van der Waals surface area contributed by atoms with E-state index in [-0.39, 0.29) is 23.7 Å². The van der Waals surface area contributed by atoms with Crippen molar-refractivity contribution in [1.82, 2.24) is 10.6 Å². The van der Waals surface area contributed by atoms with Gasteiger partial charge < -0.3 is 15.7 Å². The van der Waals surface area contributed by atoms with Crippen LogP contribution in [-0.4, -0.2) is 34.6 Å². The molecule has 24 heavy (non-hydrogen) atoms. The maximum Gasteiger partial charge on any atom is 0.315 e. The summed E-state index contributed by atoms with van der Waals surface area (Å²) in [7, 11) is 0. The number of aliphatic carboxylic acids is 1. The van der Waals surface area contributed by atoms with E-state index >= 15 is 0 Å². The fourth-order valence-corrected chi connectivity index (χ4v) is 2.87. The summed E-state index contributed by atoms with van der Waals surface area (Å²) in [6.07, 6.45) is 2.98. The Kier molecular flexibility index (Phi) is 6.11. The molecular formula is C16H21N3O5. The molecule has 3 N–H and O–H groups in total. The van der Waals surface area contributed by atoms with Gasteiger partial charge in [0.05, 0.1) is 10.8 Å². The van der Waals surface area contributed by atoms with Gasteiger partial charge in [-0.15, -0.1) is 0 Å². The molecule has 0 atom stereocenters. The van der Waals surface area contributed by atoms with Crippen LogP contribution in [0.2, 0.25) is 0 Å². The number of carbonyl (C=O) groups is 2. The van der Waals surface area contributed by atoms with Crippen molar-refractivity contribution in [2.75, 3.05) is 6.54 Å². The quantitative estimate of drug-likeness (QED) is 0.543. The van der Waals surface area contributed by atoms with Crippen molar-refractivity contribution in [1.29, 1.82) is 0 Å². The molecule has 0 aliphatic heterocycles. The Labute approximate surface area is 139 Å². The van der Waals surface area contributed by atoms with Crippen molar-refractivity contribution in [2.45, 2.75) is 38.1 Å². The van der Waals surface area contributed by atoms with E-state index in [0.717, 1.165) is 5.56 Å². The number of nitro benzene ring substituents is 1. The molecule has 0 radical (unpaired) electrons. The van der Waals surface area contributed by atoms with Crippen LogP contribution in [0.1, 0.15) is 31.2 Å². The highest BCUT2D eigenvalue weighted by Gasteiger charge is 2.26. The average molecular weight is 335 g/mol. The summed E-state index contributed by atoms with van der Waals surface area (Å²) in [6, 6.07) is 6.02. The first-order chi connectivity index (χ1) is 11.5. The van der Waals surface area contributed by atoms with E-state index in [9.17, 15) is 19.7 Å². The Bertz CT molecular complexity index is 611. The first kappa shape index (κ1) is 17.7. The third-order valence-electron chi connectivity index (χ3n) is 4.23. The summed E-state index contributed by atoms with van der Waals surface area (Å²) >= 11 is 0. The van der Waals surface area contributed by atoms with Crippen LogP contribution in [0, 0.1) is 16.0 Å². The van der Waals surface area contributed by atoms with Crippen molar-refractivity contribution < 1.29 is 19.6 Å².